The first kappa shape index (κ1) is 19.7. The highest BCUT2D eigenvalue weighted by molar-refractivity contribution is 5.89. The Bertz CT molecular complexity index is 604. The number of nitrogens with zero attached hydrogens (tertiary/aromatic N) is 1. The Kier molecular flexibility index (Phi) is 6.95. The molecular formula is C18H25NO5. The third kappa shape index (κ3) is 5.37. The smallest absolute Gasteiger partial charge is 0.352 e. The van der Waals surface area contributed by atoms with Crippen molar-refractivity contribution in [2.45, 2.75) is 45.6 Å². The molecule has 1 aromatic carbocycles. The van der Waals surface area contributed by atoms with Crippen LogP contribution in [0.1, 0.15) is 56.0 Å². The third-order valence-electron chi connectivity index (χ3n) is 3.61. The van der Waals surface area contributed by atoms with Gasteiger partial charge in [0.2, 0.25) is 5.60 Å². The van der Waals surface area contributed by atoms with Gasteiger partial charge in [-0.15, -0.1) is 0 Å². The summed E-state index contributed by atoms with van der Waals surface area (Å²) in [6, 6.07) is 7.26. The Morgan fingerprint density at radius 2 is 1.71 bits per heavy atom. The number of methoxy groups -OCH3 is 2. The Labute approximate surface area is 142 Å². The summed E-state index contributed by atoms with van der Waals surface area (Å²) in [6.45, 7) is 7.10. The van der Waals surface area contributed by atoms with Crippen LogP contribution in [0.15, 0.2) is 29.4 Å². The second-order valence-corrected chi connectivity index (χ2v) is 6.14. The average molecular weight is 335 g/mol. The van der Waals surface area contributed by atoms with Crippen LogP contribution in [-0.2, 0) is 19.1 Å². The van der Waals surface area contributed by atoms with Crippen molar-refractivity contribution in [3.8, 4) is 0 Å². The number of carbonyl (C=O) groups is 2. The van der Waals surface area contributed by atoms with E-state index in [1.807, 2.05) is 19.1 Å². The predicted octanol–water partition coefficient (Wildman–Crippen LogP) is 3.31. The van der Waals surface area contributed by atoms with Gasteiger partial charge in [-0.25, -0.2) is 9.59 Å². The molecule has 0 amide bonds. The summed E-state index contributed by atoms with van der Waals surface area (Å²) in [5.41, 5.74) is 1.23. The van der Waals surface area contributed by atoms with Crippen molar-refractivity contribution >= 4 is 17.7 Å². The number of carbonyl (C=O) groups excluding carboxylic acids is 2. The highest BCUT2D eigenvalue weighted by Gasteiger charge is 2.31. The molecule has 0 aliphatic carbocycles. The maximum absolute atomic E-state index is 11.5. The molecule has 1 aromatic rings. The van der Waals surface area contributed by atoms with Crippen LogP contribution in [0.5, 0.6) is 0 Å². The molecule has 24 heavy (non-hydrogen) atoms. The van der Waals surface area contributed by atoms with E-state index in [-0.39, 0.29) is 11.9 Å². The first-order valence-corrected chi connectivity index (χ1v) is 7.69. The largest absolute Gasteiger partial charge is 0.466 e. The van der Waals surface area contributed by atoms with Gasteiger partial charge in [0.05, 0.1) is 25.5 Å². The minimum absolute atomic E-state index is 0.185. The fourth-order valence-electron chi connectivity index (χ4n) is 2.14. The molecule has 1 atom stereocenters. The summed E-state index contributed by atoms with van der Waals surface area (Å²) in [6.07, 6.45) is 0.662. The zero-order chi connectivity index (χ0) is 18.3. The Hall–Kier alpha value is -2.37. The highest BCUT2D eigenvalue weighted by atomic mass is 16.7. The first-order valence-electron chi connectivity index (χ1n) is 7.69. The van der Waals surface area contributed by atoms with E-state index in [1.54, 1.807) is 26.0 Å². The molecule has 0 radical (unpaired) electrons. The van der Waals surface area contributed by atoms with Gasteiger partial charge in [-0.1, -0.05) is 24.2 Å². The van der Waals surface area contributed by atoms with Crippen molar-refractivity contribution in [2.75, 3.05) is 14.2 Å². The summed E-state index contributed by atoms with van der Waals surface area (Å²) in [4.78, 5) is 28.3. The number of ether oxygens (including phenoxy) is 2. The average Bonchev–Trinajstić information content (AvgIpc) is 2.58. The maximum Gasteiger partial charge on any atom is 0.352 e. The second kappa shape index (κ2) is 8.47. The van der Waals surface area contributed by atoms with E-state index in [0.29, 0.717) is 12.0 Å². The van der Waals surface area contributed by atoms with E-state index in [4.69, 9.17) is 4.84 Å². The lowest BCUT2D eigenvalue weighted by Gasteiger charge is -2.19. The SMILES string of the molecule is COC(=O)c1ccc(C(C)CC(C)=NOC(C)(C)C(=O)OC)cc1. The summed E-state index contributed by atoms with van der Waals surface area (Å²) < 4.78 is 9.35. The van der Waals surface area contributed by atoms with Crippen molar-refractivity contribution < 1.29 is 23.9 Å². The monoisotopic (exact) mass is 335 g/mol. The second-order valence-electron chi connectivity index (χ2n) is 6.14. The van der Waals surface area contributed by atoms with E-state index >= 15 is 0 Å². The van der Waals surface area contributed by atoms with Crippen molar-refractivity contribution in [3.63, 3.8) is 0 Å². The third-order valence-corrected chi connectivity index (χ3v) is 3.61. The Morgan fingerprint density at radius 1 is 1.12 bits per heavy atom. The van der Waals surface area contributed by atoms with Crippen LogP contribution >= 0.6 is 0 Å². The van der Waals surface area contributed by atoms with Gasteiger partial charge in [0.15, 0.2) is 0 Å². The van der Waals surface area contributed by atoms with Crippen LogP contribution in [0.25, 0.3) is 0 Å². The summed E-state index contributed by atoms with van der Waals surface area (Å²) >= 11 is 0. The van der Waals surface area contributed by atoms with E-state index in [1.165, 1.54) is 14.2 Å². The molecule has 132 valence electrons. The van der Waals surface area contributed by atoms with Gasteiger partial charge < -0.3 is 14.3 Å². The highest BCUT2D eigenvalue weighted by Crippen LogP contribution is 2.21. The van der Waals surface area contributed by atoms with Crippen LogP contribution in [-0.4, -0.2) is 37.5 Å². The molecule has 1 rings (SSSR count). The van der Waals surface area contributed by atoms with Crippen LogP contribution in [0, 0.1) is 0 Å². The van der Waals surface area contributed by atoms with Crippen LogP contribution < -0.4 is 0 Å². The van der Waals surface area contributed by atoms with Crippen molar-refractivity contribution in [1.82, 2.24) is 0 Å². The number of hydrogen-bond donors (Lipinski definition) is 0. The minimum atomic E-state index is -1.12. The number of rotatable bonds is 7. The Balaban J connectivity index is 2.69. The lowest BCUT2D eigenvalue weighted by Crippen LogP contribution is -2.34. The van der Waals surface area contributed by atoms with E-state index in [0.717, 1.165) is 11.3 Å². The molecule has 0 saturated heterocycles. The van der Waals surface area contributed by atoms with Crippen LogP contribution in [0.2, 0.25) is 0 Å². The molecule has 1 unspecified atom stereocenters. The van der Waals surface area contributed by atoms with Gasteiger partial charge >= 0.3 is 11.9 Å². The van der Waals surface area contributed by atoms with E-state index in [2.05, 4.69) is 21.6 Å². The molecule has 0 saturated carbocycles. The lowest BCUT2D eigenvalue weighted by atomic mass is 9.95. The Morgan fingerprint density at radius 3 is 2.21 bits per heavy atom. The van der Waals surface area contributed by atoms with Gasteiger partial charge in [-0.05, 0) is 50.8 Å². The topological polar surface area (TPSA) is 74.2 Å². The number of hydrogen-bond acceptors (Lipinski definition) is 6. The summed E-state index contributed by atoms with van der Waals surface area (Å²) in [7, 11) is 2.67. The molecule has 0 spiro atoms. The molecule has 6 nitrogen and oxygen atoms in total. The molecule has 0 aliphatic rings. The predicted molar refractivity (Wildman–Crippen MR) is 91.1 cm³/mol. The fourth-order valence-corrected chi connectivity index (χ4v) is 2.14. The van der Waals surface area contributed by atoms with Gasteiger partial charge in [0.25, 0.3) is 0 Å². The van der Waals surface area contributed by atoms with Gasteiger partial charge in [0, 0.05) is 0 Å². The lowest BCUT2D eigenvalue weighted by molar-refractivity contribution is -0.165. The quantitative estimate of drug-likeness (QED) is 0.434. The van der Waals surface area contributed by atoms with Crippen LogP contribution in [0.3, 0.4) is 0 Å². The fraction of sp³-hybridized carbons (Fsp3) is 0.500. The minimum Gasteiger partial charge on any atom is -0.466 e. The number of oxime groups is 1. The summed E-state index contributed by atoms with van der Waals surface area (Å²) in [5, 5.41) is 4.03. The van der Waals surface area contributed by atoms with E-state index < -0.39 is 11.6 Å². The molecule has 0 heterocycles. The van der Waals surface area contributed by atoms with Gasteiger partial charge in [0.1, 0.15) is 0 Å². The number of esters is 2. The van der Waals surface area contributed by atoms with Gasteiger partial charge in [-0.3, -0.25) is 0 Å². The van der Waals surface area contributed by atoms with Crippen molar-refractivity contribution in [3.05, 3.63) is 35.4 Å². The summed E-state index contributed by atoms with van der Waals surface area (Å²) in [5.74, 6) is -0.652. The molecule has 0 fully saturated rings. The normalized spacial score (nSPS) is 13.2. The molecular weight excluding hydrogens is 310 g/mol. The van der Waals surface area contributed by atoms with Crippen molar-refractivity contribution in [2.24, 2.45) is 5.16 Å². The van der Waals surface area contributed by atoms with Gasteiger partial charge in [-0.2, -0.15) is 0 Å². The van der Waals surface area contributed by atoms with Crippen molar-refractivity contribution in [1.29, 1.82) is 0 Å². The molecule has 6 heteroatoms. The van der Waals surface area contributed by atoms with E-state index in [9.17, 15) is 9.59 Å². The molecule has 0 aliphatic heterocycles. The standard InChI is InChI=1S/C18H25NO5/c1-12(14-7-9-15(10-8-14)16(20)22-5)11-13(2)19-24-18(3,4)17(21)23-6/h7-10,12H,11H2,1-6H3. The number of benzene rings is 1. The van der Waals surface area contributed by atoms with Crippen LogP contribution in [0.4, 0.5) is 0 Å². The molecule has 0 bridgehead atoms. The molecule has 0 aromatic heterocycles. The zero-order valence-electron chi connectivity index (χ0n) is 15.1. The first-order chi connectivity index (χ1) is 11.2. The molecule has 0 N–H and O–H groups in total. The maximum atomic E-state index is 11.5. The zero-order valence-corrected chi connectivity index (χ0v) is 15.1.